The number of nitrogens with zero attached hydrogens (tertiary/aromatic N) is 2. The summed E-state index contributed by atoms with van der Waals surface area (Å²) < 4.78 is 2.29. The third kappa shape index (κ3) is 3.13. The summed E-state index contributed by atoms with van der Waals surface area (Å²) in [6, 6.07) is 9.47. The zero-order chi connectivity index (χ0) is 13.5. The maximum absolute atomic E-state index is 3.48. The second kappa shape index (κ2) is 7.22. The normalized spacial score (nSPS) is 20.2. The molecule has 4 rings (SSSR count). The molecule has 0 amide bonds. The Morgan fingerprint density at radius 2 is 1.77 bits per heavy atom. The number of aromatic nitrogens is 1. The first-order valence-electron chi connectivity index (χ1n) is 7.83. The van der Waals surface area contributed by atoms with Gasteiger partial charge < -0.3 is 9.88 Å². The van der Waals surface area contributed by atoms with E-state index in [0.717, 1.165) is 19.0 Å². The average molecular weight is 342 g/mol. The molecule has 1 aromatic heterocycles. The van der Waals surface area contributed by atoms with E-state index in [1.807, 2.05) is 0 Å². The molecule has 2 heterocycles. The zero-order valence-electron chi connectivity index (χ0n) is 13.0. The molecular weight excluding hydrogens is 317 g/mol. The fraction of sp³-hybridized carbons (Fsp3) is 0.529. The standard InChI is InChI=1S/C17H23N3.2ClH/c1-19-12-15(14-4-2-3-5-16(14)19)17(13-6-7-13)20-10-8-18-9-11-20;;/h2-5,12-13,17-18H,6-11H2,1H3;2*1H/t17-;;/m1../s1. The Bertz CT molecular complexity index is 615. The third-order valence-electron chi connectivity index (χ3n) is 4.86. The monoisotopic (exact) mass is 341 g/mol. The van der Waals surface area contributed by atoms with Crippen LogP contribution in [-0.2, 0) is 7.05 Å². The van der Waals surface area contributed by atoms with E-state index in [-0.39, 0.29) is 24.8 Å². The van der Waals surface area contributed by atoms with Crippen LogP contribution in [0.25, 0.3) is 10.9 Å². The number of benzene rings is 1. The van der Waals surface area contributed by atoms with Gasteiger partial charge in [0.25, 0.3) is 0 Å². The lowest BCUT2D eigenvalue weighted by Gasteiger charge is -2.35. The first-order chi connectivity index (χ1) is 9.84. The number of aryl methyl sites for hydroxylation is 1. The number of rotatable bonds is 3. The molecule has 2 aromatic rings. The van der Waals surface area contributed by atoms with Gasteiger partial charge in [0.05, 0.1) is 0 Å². The van der Waals surface area contributed by atoms with Crippen LogP contribution in [-0.4, -0.2) is 35.6 Å². The molecule has 122 valence electrons. The van der Waals surface area contributed by atoms with Gasteiger partial charge in [0.15, 0.2) is 0 Å². The van der Waals surface area contributed by atoms with Gasteiger partial charge >= 0.3 is 0 Å². The van der Waals surface area contributed by atoms with Crippen molar-refractivity contribution in [1.82, 2.24) is 14.8 Å². The molecule has 2 aliphatic rings. The highest BCUT2D eigenvalue weighted by atomic mass is 35.5. The lowest BCUT2D eigenvalue weighted by atomic mass is 9.99. The fourth-order valence-electron chi connectivity index (χ4n) is 3.73. The predicted molar refractivity (Wildman–Crippen MR) is 97.3 cm³/mol. The molecule has 1 N–H and O–H groups in total. The number of hydrogen-bond donors (Lipinski definition) is 1. The Balaban J connectivity index is 0.000000882. The number of hydrogen-bond acceptors (Lipinski definition) is 2. The Labute approximate surface area is 144 Å². The molecule has 5 heteroatoms. The maximum Gasteiger partial charge on any atom is 0.0481 e. The number of piperazine rings is 1. The molecule has 22 heavy (non-hydrogen) atoms. The molecular formula is C17H25Cl2N3. The number of para-hydroxylation sites is 1. The minimum Gasteiger partial charge on any atom is -0.350 e. The Morgan fingerprint density at radius 1 is 1.09 bits per heavy atom. The summed E-state index contributed by atoms with van der Waals surface area (Å²) in [5, 5.41) is 4.93. The molecule has 1 atom stereocenters. The highest BCUT2D eigenvalue weighted by molar-refractivity contribution is 5.86. The van der Waals surface area contributed by atoms with Crippen molar-refractivity contribution in [2.45, 2.75) is 18.9 Å². The van der Waals surface area contributed by atoms with E-state index < -0.39 is 0 Å². The van der Waals surface area contributed by atoms with Gasteiger partial charge in [-0.25, -0.2) is 0 Å². The molecule has 0 spiro atoms. The molecule has 0 unspecified atom stereocenters. The van der Waals surface area contributed by atoms with Gasteiger partial charge in [-0.3, -0.25) is 4.90 Å². The van der Waals surface area contributed by atoms with Gasteiger partial charge in [0, 0.05) is 56.4 Å². The molecule has 1 aliphatic heterocycles. The van der Waals surface area contributed by atoms with Crippen LogP contribution in [0.3, 0.4) is 0 Å². The first kappa shape index (κ1) is 17.6. The highest BCUT2D eigenvalue weighted by Crippen LogP contribution is 2.46. The number of fused-ring (bicyclic) bond motifs is 1. The molecule has 3 nitrogen and oxygen atoms in total. The van der Waals surface area contributed by atoms with Crippen LogP contribution in [0, 0.1) is 5.92 Å². The largest absolute Gasteiger partial charge is 0.350 e. The fourth-order valence-corrected chi connectivity index (χ4v) is 3.73. The number of halogens is 2. The topological polar surface area (TPSA) is 20.2 Å². The van der Waals surface area contributed by atoms with Crippen LogP contribution >= 0.6 is 24.8 Å². The van der Waals surface area contributed by atoms with E-state index in [1.165, 1.54) is 36.8 Å². The summed E-state index contributed by atoms with van der Waals surface area (Å²) in [4.78, 5) is 2.70. The van der Waals surface area contributed by atoms with E-state index in [1.54, 1.807) is 5.56 Å². The van der Waals surface area contributed by atoms with Crippen molar-refractivity contribution in [2.24, 2.45) is 13.0 Å². The van der Waals surface area contributed by atoms with Crippen molar-refractivity contribution in [3.63, 3.8) is 0 Å². The third-order valence-corrected chi connectivity index (χ3v) is 4.86. The van der Waals surface area contributed by atoms with Crippen molar-refractivity contribution in [3.8, 4) is 0 Å². The first-order valence-corrected chi connectivity index (χ1v) is 7.83. The lowest BCUT2D eigenvalue weighted by Crippen LogP contribution is -2.45. The second-order valence-corrected chi connectivity index (χ2v) is 6.28. The Morgan fingerprint density at radius 3 is 2.45 bits per heavy atom. The zero-order valence-corrected chi connectivity index (χ0v) is 14.6. The van der Waals surface area contributed by atoms with Gasteiger partial charge in [0.2, 0.25) is 0 Å². The summed E-state index contributed by atoms with van der Waals surface area (Å²) in [5.41, 5.74) is 2.91. The van der Waals surface area contributed by atoms with Crippen LogP contribution in [0.4, 0.5) is 0 Å². The molecule has 0 radical (unpaired) electrons. The van der Waals surface area contributed by atoms with Crippen LogP contribution in [0.2, 0.25) is 0 Å². The van der Waals surface area contributed by atoms with Gasteiger partial charge in [-0.05, 0) is 30.4 Å². The van der Waals surface area contributed by atoms with E-state index in [9.17, 15) is 0 Å². The van der Waals surface area contributed by atoms with Crippen molar-refractivity contribution < 1.29 is 0 Å². The predicted octanol–water partition coefficient (Wildman–Crippen LogP) is 3.38. The molecule has 1 aliphatic carbocycles. The Hall–Kier alpha value is -0.740. The summed E-state index contributed by atoms with van der Waals surface area (Å²) >= 11 is 0. The summed E-state index contributed by atoms with van der Waals surface area (Å²) in [5.74, 6) is 0.874. The number of nitrogens with one attached hydrogen (secondary N) is 1. The van der Waals surface area contributed by atoms with Gasteiger partial charge in [-0.15, -0.1) is 24.8 Å². The van der Waals surface area contributed by atoms with Crippen molar-refractivity contribution >= 4 is 35.7 Å². The smallest absolute Gasteiger partial charge is 0.0481 e. The van der Waals surface area contributed by atoms with Gasteiger partial charge in [-0.1, -0.05) is 18.2 Å². The van der Waals surface area contributed by atoms with E-state index in [0.29, 0.717) is 6.04 Å². The van der Waals surface area contributed by atoms with E-state index in [4.69, 9.17) is 0 Å². The lowest BCUT2D eigenvalue weighted by molar-refractivity contribution is 0.157. The van der Waals surface area contributed by atoms with Gasteiger partial charge in [-0.2, -0.15) is 0 Å². The molecule has 1 aromatic carbocycles. The van der Waals surface area contributed by atoms with Crippen molar-refractivity contribution in [1.29, 1.82) is 0 Å². The van der Waals surface area contributed by atoms with Crippen molar-refractivity contribution in [2.75, 3.05) is 26.2 Å². The summed E-state index contributed by atoms with van der Waals surface area (Å²) in [6.45, 7) is 4.64. The van der Waals surface area contributed by atoms with E-state index >= 15 is 0 Å². The molecule has 1 saturated heterocycles. The molecule has 0 bridgehead atoms. The van der Waals surface area contributed by atoms with Crippen molar-refractivity contribution in [3.05, 3.63) is 36.0 Å². The van der Waals surface area contributed by atoms with Crippen LogP contribution in [0.15, 0.2) is 30.5 Å². The van der Waals surface area contributed by atoms with Crippen LogP contribution in [0.5, 0.6) is 0 Å². The minimum absolute atomic E-state index is 0. The maximum atomic E-state index is 3.48. The molecule has 1 saturated carbocycles. The Kier molecular flexibility index (Phi) is 5.78. The molecule has 2 fully saturated rings. The van der Waals surface area contributed by atoms with E-state index in [2.05, 4.69) is 52.3 Å². The average Bonchev–Trinajstić information content (AvgIpc) is 3.27. The second-order valence-electron chi connectivity index (χ2n) is 6.28. The quantitative estimate of drug-likeness (QED) is 0.923. The SMILES string of the molecule is Cl.Cl.Cn1cc([C@@H](C2CC2)N2CCNCC2)c2ccccc21. The van der Waals surface area contributed by atoms with Gasteiger partial charge in [0.1, 0.15) is 0 Å². The van der Waals surface area contributed by atoms with Crippen LogP contribution < -0.4 is 5.32 Å². The van der Waals surface area contributed by atoms with Crippen LogP contribution in [0.1, 0.15) is 24.4 Å². The summed E-state index contributed by atoms with van der Waals surface area (Å²) in [7, 11) is 2.17. The highest BCUT2D eigenvalue weighted by Gasteiger charge is 2.38. The summed E-state index contributed by atoms with van der Waals surface area (Å²) in [6.07, 6.45) is 5.17. The minimum atomic E-state index is 0.